The van der Waals surface area contributed by atoms with E-state index in [1.165, 1.54) is 14.0 Å². The fraction of sp³-hybridized carbons (Fsp3) is 0.579. The molecule has 5 rings (SSSR count). The van der Waals surface area contributed by atoms with Crippen molar-refractivity contribution in [3.05, 3.63) is 65.7 Å². The van der Waals surface area contributed by atoms with E-state index < -0.39 is 41.1 Å². The van der Waals surface area contributed by atoms with Gasteiger partial charge < -0.3 is 30.1 Å². The van der Waals surface area contributed by atoms with Gasteiger partial charge in [-0.3, -0.25) is 28.7 Å². The van der Waals surface area contributed by atoms with Crippen LogP contribution in [-0.4, -0.2) is 100 Å². The van der Waals surface area contributed by atoms with Crippen LogP contribution in [-0.2, 0) is 47.6 Å². The second kappa shape index (κ2) is 17.7. The molecule has 2 aromatic carbocycles. The van der Waals surface area contributed by atoms with Crippen molar-refractivity contribution in [2.24, 2.45) is 17.8 Å². The number of methoxy groups -OCH3 is 1. The highest BCUT2D eigenvalue weighted by molar-refractivity contribution is 7.84. The molecule has 0 bridgehead atoms. The summed E-state index contributed by atoms with van der Waals surface area (Å²) in [5.41, 5.74) is 1.73. The van der Waals surface area contributed by atoms with Crippen LogP contribution in [0.3, 0.4) is 0 Å². The van der Waals surface area contributed by atoms with Gasteiger partial charge in [0.1, 0.15) is 12.0 Å². The number of aliphatic hydroxyl groups is 1. The van der Waals surface area contributed by atoms with Gasteiger partial charge in [0.15, 0.2) is 0 Å². The fourth-order valence-corrected chi connectivity index (χ4v) is 8.96. The number of likely N-dealkylation sites (tertiary alicyclic amines) is 1. The molecule has 0 spiro atoms. The van der Waals surface area contributed by atoms with Crippen molar-refractivity contribution in [1.82, 2.24) is 20.9 Å². The zero-order chi connectivity index (χ0) is 36.7. The second-order valence-electron chi connectivity index (χ2n) is 14.0. The Morgan fingerprint density at radius 3 is 2.33 bits per heavy atom. The zero-order valence-electron chi connectivity index (χ0n) is 29.9. The van der Waals surface area contributed by atoms with Gasteiger partial charge in [0.2, 0.25) is 11.8 Å². The molecule has 51 heavy (non-hydrogen) atoms. The van der Waals surface area contributed by atoms with Gasteiger partial charge in [-0.05, 0) is 74.2 Å². The van der Waals surface area contributed by atoms with Gasteiger partial charge in [-0.15, -0.1) is 0 Å². The first-order valence-corrected chi connectivity index (χ1v) is 19.7. The predicted molar refractivity (Wildman–Crippen MR) is 193 cm³/mol. The summed E-state index contributed by atoms with van der Waals surface area (Å²) in [5, 5.41) is 21.1. The van der Waals surface area contributed by atoms with Crippen molar-refractivity contribution < 1.29 is 38.0 Å². The summed E-state index contributed by atoms with van der Waals surface area (Å²) in [6, 6.07) is 13.9. The van der Waals surface area contributed by atoms with Gasteiger partial charge in [0.25, 0.3) is 0 Å². The lowest BCUT2D eigenvalue weighted by Gasteiger charge is -2.58. The van der Waals surface area contributed by atoms with Crippen LogP contribution in [0, 0.1) is 17.8 Å². The highest BCUT2D eigenvalue weighted by atomic mass is 32.2. The summed E-state index contributed by atoms with van der Waals surface area (Å²) in [4.78, 5) is 54.4. The minimum Gasteiger partial charge on any atom is -0.469 e. The summed E-state index contributed by atoms with van der Waals surface area (Å²) >= 11 is 0. The number of likely N-dealkylation sites (N-methyl/N-ethyl adjacent to an activating group) is 1. The van der Waals surface area contributed by atoms with E-state index in [2.05, 4.69) is 16.0 Å². The van der Waals surface area contributed by atoms with Gasteiger partial charge in [-0.1, -0.05) is 55.8 Å². The van der Waals surface area contributed by atoms with Gasteiger partial charge in [0, 0.05) is 41.7 Å². The van der Waals surface area contributed by atoms with Crippen molar-refractivity contribution in [2.75, 3.05) is 25.7 Å². The first kappa shape index (κ1) is 38.6. The van der Waals surface area contributed by atoms with Crippen LogP contribution < -0.4 is 20.7 Å². The van der Waals surface area contributed by atoms with Gasteiger partial charge in [-0.25, -0.2) is 0 Å². The lowest BCUT2D eigenvalue weighted by Crippen LogP contribution is -2.71. The molecular weight excluding hydrogens is 673 g/mol. The second-order valence-corrected chi connectivity index (χ2v) is 15.6. The Labute approximate surface area is 302 Å². The molecule has 278 valence electrons. The van der Waals surface area contributed by atoms with Gasteiger partial charge in [0.05, 0.1) is 37.2 Å². The maximum absolute atomic E-state index is 14.6. The van der Waals surface area contributed by atoms with E-state index in [-0.39, 0.29) is 60.3 Å². The fourth-order valence-electron chi connectivity index (χ4n) is 8.38. The molecule has 2 saturated carbocycles. The highest BCUT2D eigenvalue weighted by Gasteiger charge is 2.64. The Balaban J connectivity index is 1.35. The number of rotatable bonds is 17. The summed E-state index contributed by atoms with van der Waals surface area (Å²) in [5.74, 6) is -0.347. The number of nitrogens with one attached hydrogen (secondary N) is 3. The van der Waals surface area contributed by atoms with Crippen LogP contribution >= 0.6 is 0 Å². The molecule has 13 heteroatoms. The molecule has 1 aliphatic heterocycles. The molecule has 4 N–H and O–H groups in total. The molecule has 2 amide bonds. The van der Waals surface area contributed by atoms with Crippen LogP contribution in [0.5, 0.6) is 5.75 Å². The summed E-state index contributed by atoms with van der Waals surface area (Å²) in [7, 11) is 0.193. The summed E-state index contributed by atoms with van der Waals surface area (Å²) in [6.07, 6.45) is 4.65. The summed E-state index contributed by atoms with van der Waals surface area (Å²) < 4.78 is 22.5. The molecule has 3 aliphatic rings. The van der Waals surface area contributed by atoms with Crippen molar-refractivity contribution in [3.63, 3.8) is 0 Å². The molecule has 12 nitrogen and oxygen atoms in total. The number of hydrogen-bond donors (Lipinski definition) is 4. The van der Waals surface area contributed by atoms with Crippen LogP contribution in [0.25, 0.3) is 0 Å². The predicted octanol–water partition coefficient (Wildman–Crippen LogP) is 2.09. The smallest absolute Gasteiger partial charge is 0.310 e. The van der Waals surface area contributed by atoms with Crippen LogP contribution in [0.4, 0.5) is 0 Å². The van der Waals surface area contributed by atoms with E-state index in [9.17, 15) is 28.5 Å². The number of hydrogen-bond acceptors (Lipinski definition) is 10. The van der Waals surface area contributed by atoms with E-state index >= 15 is 0 Å². The number of ether oxygens (including phenoxy) is 2. The zero-order valence-corrected chi connectivity index (χ0v) is 30.7. The molecule has 1 saturated heterocycles. The van der Waals surface area contributed by atoms with E-state index in [0.717, 1.165) is 30.4 Å². The van der Waals surface area contributed by atoms with Crippen LogP contribution in [0.2, 0.25) is 0 Å². The number of amides is 2. The standard InChI is InChI=1S/C38H52N4O8S/c1-5-39-30(20-25-14-16-27(17-15-25)50-23(2)43)36(45)40-29(18-19-51(4)48)35(44)41-31(21-24-10-7-6-8-11-24)37(46)42-32-13-9-12-26-22-28(38(47)49-3)34(42)33(26)32/h6-8,10-11,14-17,26,28-35,39,41,44H,5,9,12-13,18-22H2,1-4H3,(H,40,45)/t26?,28?,29-,30+,31+,32?,33?,34?,35?,51?/m1/s1. The van der Waals surface area contributed by atoms with E-state index in [1.807, 2.05) is 42.2 Å². The molecular formula is C38H52N4O8S. The molecule has 1 heterocycles. The molecule has 2 aromatic rings. The lowest BCUT2D eigenvalue weighted by atomic mass is 9.68. The van der Waals surface area contributed by atoms with Gasteiger partial charge in [-0.2, -0.15) is 0 Å². The highest BCUT2D eigenvalue weighted by Crippen LogP contribution is 2.56. The largest absolute Gasteiger partial charge is 0.469 e. The average molecular weight is 725 g/mol. The molecule has 0 aromatic heterocycles. The number of nitrogens with zero attached hydrogens (tertiary/aromatic N) is 1. The Morgan fingerprint density at radius 1 is 1.00 bits per heavy atom. The number of carbonyl (C=O) groups is 4. The third-order valence-electron chi connectivity index (χ3n) is 10.6. The number of aliphatic hydroxyl groups excluding tert-OH is 1. The van der Waals surface area contributed by atoms with E-state index in [0.29, 0.717) is 31.1 Å². The topological polar surface area (TPSA) is 163 Å². The van der Waals surface area contributed by atoms with Gasteiger partial charge >= 0.3 is 11.9 Å². The van der Waals surface area contributed by atoms with Crippen molar-refractivity contribution in [2.45, 2.75) is 95.2 Å². The Morgan fingerprint density at radius 2 is 1.69 bits per heavy atom. The minimum atomic E-state index is -1.35. The summed E-state index contributed by atoms with van der Waals surface area (Å²) in [6.45, 7) is 3.73. The number of carbonyl (C=O) groups excluding carboxylic acids is 4. The molecule has 3 fully saturated rings. The Hall–Kier alpha value is -3.65. The number of esters is 2. The lowest BCUT2D eigenvalue weighted by molar-refractivity contribution is -0.168. The van der Waals surface area contributed by atoms with Crippen molar-refractivity contribution in [1.29, 1.82) is 0 Å². The van der Waals surface area contributed by atoms with Crippen molar-refractivity contribution >= 4 is 34.6 Å². The van der Waals surface area contributed by atoms with Crippen LogP contribution in [0.1, 0.15) is 57.1 Å². The normalized spacial score (nSPS) is 25.0. The quantitative estimate of drug-likeness (QED) is 0.108. The van der Waals surface area contributed by atoms with Crippen LogP contribution in [0.15, 0.2) is 54.6 Å². The minimum absolute atomic E-state index is 0.0371. The SMILES string of the molecule is CCN[C@@H](Cc1ccc(OC(C)=O)cc1)C(=O)N[C@H](CCS(C)=O)C(O)N[C@@H](Cc1ccccc1)C(=O)N1C2CCCC3CC(C(=O)OC)C1C32. The van der Waals surface area contributed by atoms with E-state index in [4.69, 9.17) is 9.47 Å². The Kier molecular flexibility index (Phi) is 13.4. The third kappa shape index (κ3) is 9.43. The van der Waals surface area contributed by atoms with E-state index in [1.54, 1.807) is 30.5 Å². The first-order chi connectivity index (χ1) is 24.5. The maximum atomic E-state index is 14.6. The molecule has 7 unspecified atom stereocenters. The number of benzene rings is 2. The molecule has 0 radical (unpaired) electrons. The first-order valence-electron chi connectivity index (χ1n) is 18.0. The molecule has 2 aliphatic carbocycles. The monoisotopic (exact) mass is 724 g/mol. The Bertz CT molecular complexity index is 1540. The average Bonchev–Trinajstić information content (AvgIpc) is 3.47. The third-order valence-corrected chi connectivity index (χ3v) is 11.4. The van der Waals surface area contributed by atoms with Crippen molar-refractivity contribution in [3.8, 4) is 5.75 Å². The maximum Gasteiger partial charge on any atom is 0.310 e. The molecule has 10 atom stereocenters.